The number of nitrogens with zero attached hydrogens (tertiary/aromatic N) is 2. The number of methoxy groups -OCH3 is 1. The number of amides is 2. The maximum atomic E-state index is 12.7. The Hall–Kier alpha value is -3.19. The van der Waals surface area contributed by atoms with Gasteiger partial charge in [-0.2, -0.15) is 0 Å². The van der Waals surface area contributed by atoms with Crippen LogP contribution in [0.25, 0.3) is 10.6 Å². The number of thiazole rings is 1. The summed E-state index contributed by atoms with van der Waals surface area (Å²) in [6.07, 6.45) is 0. The highest BCUT2D eigenvalue weighted by atomic mass is 32.1. The Kier molecular flexibility index (Phi) is 6.84. The van der Waals surface area contributed by atoms with Crippen LogP contribution in [-0.2, 0) is 4.79 Å². The Balaban J connectivity index is 1.61. The van der Waals surface area contributed by atoms with Gasteiger partial charge in [0.2, 0.25) is 5.91 Å². The molecule has 3 aromatic rings. The van der Waals surface area contributed by atoms with Gasteiger partial charge in [0, 0.05) is 23.7 Å². The predicted molar refractivity (Wildman–Crippen MR) is 120 cm³/mol. The van der Waals surface area contributed by atoms with Crippen LogP contribution in [0, 0.1) is 0 Å². The number of likely N-dealkylation sites (N-methyl/N-ethyl adjacent to an activating group) is 1. The molecule has 3 rings (SSSR count). The first-order valence-electron chi connectivity index (χ1n) is 9.62. The van der Waals surface area contributed by atoms with Gasteiger partial charge in [0.1, 0.15) is 16.5 Å². The van der Waals surface area contributed by atoms with Crippen LogP contribution in [0.2, 0.25) is 0 Å². The quantitative estimate of drug-likeness (QED) is 0.600. The topological polar surface area (TPSA) is 71.5 Å². The number of ether oxygens (including phenoxy) is 1. The van der Waals surface area contributed by atoms with Crippen molar-refractivity contribution in [2.75, 3.05) is 26.0 Å². The van der Waals surface area contributed by atoms with E-state index < -0.39 is 0 Å². The lowest BCUT2D eigenvalue weighted by atomic mass is 10.0. The molecule has 1 heterocycles. The molecule has 0 aliphatic rings. The van der Waals surface area contributed by atoms with Crippen molar-refractivity contribution in [1.82, 2.24) is 9.88 Å². The third kappa shape index (κ3) is 5.24. The number of aromatic nitrogens is 1. The molecular formula is C23H25N3O3S. The number of benzene rings is 2. The first kappa shape index (κ1) is 21.5. The van der Waals surface area contributed by atoms with Crippen LogP contribution in [0.15, 0.2) is 53.9 Å². The minimum absolute atomic E-state index is 0.0686. The SMILES string of the molecule is COc1ccc(NC(=O)CN(C)C(=O)c2csc(-c3ccc(C(C)C)cc3)n2)cc1. The number of rotatable bonds is 7. The number of hydrogen-bond acceptors (Lipinski definition) is 5. The highest BCUT2D eigenvalue weighted by Crippen LogP contribution is 2.26. The summed E-state index contributed by atoms with van der Waals surface area (Å²) in [5.41, 5.74) is 3.21. The minimum Gasteiger partial charge on any atom is -0.497 e. The lowest BCUT2D eigenvalue weighted by Gasteiger charge is -2.15. The van der Waals surface area contributed by atoms with Crippen molar-refractivity contribution < 1.29 is 14.3 Å². The third-order valence-electron chi connectivity index (χ3n) is 4.65. The second-order valence-corrected chi connectivity index (χ2v) is 8.11. The van der Waals surface area contributed by atoms with Crippen LogP contribution in [0.1, 0.15) is 35.8 Å². The number of carbonyl (C=O) groups is 2. The van der Waals surface area contributed by atoms with Crippen LogP contribution in [0.4, 0.5) is 5.69 Å². The average Bonchev–Trinajstić information content (AvgIpc) is 3.24. The standard InChI is InChI=1S/C23H25N3O3S/c1-15(2)16-5-7-17(8-6-16)22-25-20(14-30-22)23(28)26(3)13-21(27)24-18-9-11-19(29-4)12-10-18/h5-12,14-15H,13H2,1-4H3,(H,24,27). The van der Waals surface area contributed by atoms with Crippen molar-refractivity contribution >= 4 is 28.8 Å². The van der Waals surface area contributed by atoms with E-state index >= 15 is 0 Å². The Morgan fingerprint density at radius 3 is 2.37 bits per heavy atom. The van der Waals surface area contributed by atoms with Gasteiger partial charge in [0.25, 0.3) is 5.91 Å². The molecule has 0 fully saturated rings. The smallest absolute Gasteiger partial charge is 0.273 e. The summed E-state index contributed by atoms with van der Waals surface area (Å²) in [4.78, 5) is 30.8. The molecule has 1 aromatic heterocycles. The summed E-state index contributed by atoms with van der Waals surface area (Å²) >= 11 is 1.42. The second kappa shape index (κ2) is 9.54. The van der Waals surface area contributed by atoms with E-state index in [1.165, 1.54) is 21.8 Å². The van der Waals surface area contributed by atoms with E-state index in [4.69, 9.17) is 4.74 Å². The van der Waals surface area contributed by atoms with E-state index in [0.717, 1.165) is 10.6 Å². The lowest BCUT2D eigenvalue weighted by molar-refractivity contribution is -0.116. The highest BCUT2D eigenvalue weighted by Gasteiger charge is 2.18. The van der Waals surface area contributed by atoms with Crippen LogP contribution < -0.4 is 10.1 Å². The molecule has 2 amide bonds. The molecular weight excluding hydrogens is 398 g/mol. The molecule has 2 aromatic carbocycles. The zero-order chi connectivity index (χ0) is 21.7. The van der Waals surface area contributed by atoms with Crippen molar-refractivity contribution in [2.45, 2.75) is 19.8 Å². The van der Waals surface area contributed by atoms with Crippen LogP contribution in [-0.4, -0.2) is 42.4 Å². The number of hydrogen-bond donors (Lipinski definition) is 1. The number of anilines is 1. The van der Waals surface area contributed by atoms with Crippen LogP contribution in [0.5, 0.6) is 5.75 Å². The summed E-state index contributed by atoms with van der Waals surface area (Å²) in [7, 11) is 3.17. The molecule has 0 atom stereocenters. The van der Waals surface area contributed by atoms with Crippen molar-refractivity contribution in [3.63, 3.8) is 0 Å². The Morgan fingerprint density at radius 2 is 1.77 bits per heavy atom. The van der Waals surface area contributed by atoms with E-state index in [-0.39, 0.29) is 18.4 Å². The van der Waals surface area contributed by atoms with Gasteiger partial charge in [-0.3, -0.25) is 9.59 Å². The molecule has 0 unspecified atom stereocenters. The maximum absolute atomic E-state index is 12.7. The van der Waals surface area contributed by atoms with Crippen LogP contribution >= 0.6 is 11.3 Å². The van der Waals surface area contributed by atoms with E-state index in [9.17, 15) is 9.59 Å². The fourth-order valence-corrected chi connectivity index (χ4v) is 3.67. The zero-order valence-corrected chi connectivity index (χ0v) is 18.3. The molecule has 0 saturated heterocycles. The predicted octanol–water partition coefficient (Wildman–Crippen LogP) is 4.65. The zero-order valence-electron chi connectivity index (χ0n) is 17.5. The van der Waals surface area contributed by atoms with Crippen molar-refractivity contribution in [1.29, 1.82) is 0 Å². The molecule has 0 spiro atoms. The second-order valence-electron chi connectivity index (χ2n) is 7.25. The molecule has 0 aliphatic carbocycles. The Bertz CT molecular complexity index is 1010. The molecule has 156 valence electrons. The molecule has 0 aliphatic heterocycles. The summed E-state index contributed by atoms with van der Waals surface area (Å²) in [5.74, 6) is 0.598. The summed E-state index contributed by atoms with van der Waals surface area (Å²) < 4.78 is 5.10. The van der Waals surface area contributed by atoms with Gasteiger partial charge >= 0.3 is 0 Å². The highest BCUT2D eigenvalue weighted by molar-refractivity contribution is 7.13. The first-order chi connectivity index (χ1) is 14.4. The van der Waals surface area contributed by atoms with E-state index in [1.807, 2.05) is 12.1 Å². The van der Waals surface area contributed by atoms with E-state index in [1.54, 1.807) is 43.8 Å². The minimum atomic E-state index is -0.291. The molecule has 1 N–H and O–H groups in total. The summed E-state index contributed by atoms with van der Waals surface area (Å²) in [5, 5.41) is 5.28. The molecule has 6 nitrogen and oxygen atoms in total. The molecule has 0 bridgehead atoms. The molecule has 0 radical (unpaired) electrons. The lowest BCUT2D eigenvalue weighted by Crippen LogP contribution is -2.35. The summed E-state index contributed by atoms with van der Waals surface area (Å²) in [6, 6.07) is 15.2. The molecule has 0 saturated carbocycles. The largest absolute Gasteiger partial charge is 0.497 e. The van der Waals surface area contributed by atoms with Gasteiger partial charge in [-0.1, -0.05) is 38.1 Å². The van der Waals surface area contributed by atoms with Crippen molar-refractivity contribution in [3.8, 4) is 16.3 Å². The summed E-state index contributed by atoms with van der Waals surface area (Å²) in [6.45, 7) is 4.23. The van der Waals surface area contributed by atoms with Gasteiger partial charge in [0.15, 0.2) is 0 Å². The van der Waals surface area contributed by atoms with Crippen LogP contribution in [0.3, 0.4) is 0 Å². The van der Waals surface area contributed by atoms with Gasteiger partial charge in [-0.05, 0) is 35.7 Å². The van der Waals surface area contributed by atoms with Gasteiger partial charge in [-0.15, -0.1) is 11.3 Å². The maximum Gasteiger partial charge on any atom is 0.273 e. The fraction of sp³-hybridized carbons (Fsp3) is 0.261. The molecule has 7 heteroatoms. The number of nitrogens with one attached hydrogen (secondary N) is 1. The molecule has 30 heavy (non-hydrogen) atoms. The van der Waals surface area contributed by atoms with Gasteiger partial charge in [-0.25, -0.2) is 4.98 Å². The fourth-order valence-electron chi connectivity index (χ4n) is 2.87. The average molecular weight is 424 g/mol. The van der Waals surface area contributed by atoms with Gasteiger partial charge in [0.05, 0.1) is 13.7 Å². The van der Waals surface area contributed by atoms with E-state index in [2.05, 4.69) is 36.3 Å². The Labute approximate surface area is 180 Å². The van der Waals surface area contributed by atoms with Crippen molar-refractivity contribution in [2.24, 2.45) is 0 Å². The van der Waals surface area contributed by atoms with Gasteiger partial charge < -0.3 is 15.0 Å². The normalized spacial score (nSPS) is 10.7. The Morgan fingerprint density at radius 1 is 1.10 bits per heavy atom. The first-order valence-corrected chi connectivity index (χ1v) is 10.5. The third-order valence-corrected chi connectivity index (χ3v) is 5.54. The monoisotopic (exact) mass is 423 g/mol. The number of carbonyl (C=O) groups excluding carboxylic acids is 2. The van der Waals surface area contributed by atoms with Crippen molar-refractivity contribution in [3.05, 3.63) is 65.2 Å². The van der Waals surface area contributed by atoms with E-state index in [0.29, 0.717) is 23.0 Å².